The summed E-state index contributed by atoms with van der Waals surface area (Å²) < 4.78 is 1.14. The van der Waals surface area contributed by atoms with Gasteiger partial charge in [-0.1, -0.05) is 36.4 Å². The van der Waals surface area contributed by atoms with Gasteiger partial charge in [-0.2, -0.15) is 21.0 Å². The maximum absolute atomic E-state index is 9.55. The SMILES string of the molecule is N#Cc1cc(C#N)cc(-c2cc(-c3ccc(-c4nc5ccccc5s4)cc3)cc(-c3cc(C#N)cc(C#N)c3)c2)c1. The molecule has 0 aliphatic rings. The Kier molecular flexibility index (Phi) is 6.53. The molecule has 0 aliphatic heterocycles. The van der Waals surface area contributed by atoms with Gasteiger partial charge in [-0.25, -0.2) is 4.98 Å². The van der Waals surface area contributed by atoms with E-state index in [9.17, 15) is 21.0 Å². The summed E-state index contributed by atoms with van der Waals surface area (Å²) in [6, 6.07) is 40.9. The lowest BCUT2D eigenvalue weighted by Gasteiger charge is -2.13. The first-order chi connectivity index (χ1) is 20.1. The second-order valence-electron chi connectivity index (χ2n) is 9.41. The summed E-state index contributed by atoms with van der Waals surface area (Å²) in [5.41, 5.74) is 8.52. The molecule has 0 N–H and O–H groups in total. The average molecular weight is 540 g/mol. The van der Waals surface area contributed by atoms with Crippen LogP contribution in [0.2, 0.25) is 0 Å². The van der Waals surface area contributed by atoms with Gasteiger partial charge in [0.15, 0.2) is 0 Å². The number of benzene rings is 5. The summed E-state index contributed by atoms with van der Waals surface area (Å²) in [4.78, 5) is 4.77. The van der Waals surface area contributed by atoms with E-state index in [2.05, 4.69) is 30.3 Å². The Morgan fingerprint density at radius 2 is 0.854 bits per heavy atom. The first kappa shape index (κ1) is 25.2. The third-order valence-electron chi connectivity index (χ3n) is 6.74. The maximum atomic E-state index is 9.55. The number of fused-ring (bicyclic) bond motifs is 1. The molecular weight excluding hydrogens is 522 g/mol. The van der Waals surface area contributed by atoms with Crippen LogP contribution in [0.15, 0.2) is 103 Å². The lowest BCUT2D eigenvalue weighted by Crippen LogP contribution is -1.90. The van der Waals surface area contributed by atoms with Crippen LogP contribution in [0.5, 0.6) is 0 Å². The molecule has 1 aromatic heterocycles. The molecule has 41 heavy (non-hydrogen) atoms. The topological polar surface area (TPSA) is 108 Å². The van der Waals surface area contributed by atoms with Crippen molar-refractivity contribution < 1.29 is 0 Å². The van der Waals surface area contributed by atoms with E-state index in [-0.39, 0.29) is 0 Å². The predicted octanol–water partition coefficient (Wildman–Crippen LogP) is 8.45. The second-order valence-corrected chi connectivity index (χ2v) is 10.4. The minimum atomic E-state index is 0.393. The molecule has 5 nitrogen and oxygen atoms in total. The molecule has 0 saturated heterocycles. The number of hydrogen-bond acceptors (Lipinski definition) is 6. The Labute approximate surface area is 240 Å². The van der Waals surface area contributed by atoms with Crippen LogP contribution in [0.1, 0.15) is 22.3 Å². The zero-order valence-corrected chi connectivity index (χ0v) is 22.3. The van der Waals surface area contributed by atoms with Crippen LogP contribution in [-0.4, -0.2) is 4.98 Å². The summed E-state index contributed by atoms with van der Waals surface area (Å²) in [5, 5.41) is 39.1. The monoisotopic (exact) mass is 539 g/mol. The fourth-order valence-corrected chi connectivity index (χ4v) is 5.75. The highest BCUT2D eigenvalue weighted by molar-refractivity contribution is 7.21. The summed E-state index contributed by atoms with van der Waals surface area (Å²) in [6.45, 7) is 0. The minimum absolute atomic E-state index is 0.393. The Morgan fingerprint density at radius 3 is 1.32 bits per heavy atom. The zero-order valence-electron chi connectivity index (χ0n) is 21.5. The van der Waals surface area contributed by atoms with Gasteiger partial charge in [0.2, 0.25) is 0 Å². The van der Waals surface area contributed by atoms with Crippen LogP contribution in [-0.2, 0) is 0 Å². The summed E-state index contributed by atoms with van der Waals surface area (Å²) in [6.07, 6.45) is 0. The Balaban J connectivity index is 1.50. The predicted molar refractivity (Wildman–Crippen MR) is 160 cm³/mol. The van der Waals surface area contributed by atoms with Gasteiger partial charge in [-0.05, 0) is 100 Å². The molecule has 5 aromatic carbocycles. The fraction of sp³-hybridized carbons (Fsp3) is 0. The highest BCUT2D eigenvalue weighted by atomic mass is 32.1. The van der Waals surface area contributed by atoms with Crippen molar-refractivity contribution in [1.82, 2.24) is 4.98 Å². The molecule has 0 aliphatic carbocycles. The average Bonchev–Trinajstić information content (AvgIpc) is 3.48. The van der Waals surface area contributed by atoms with Crippen molar-refractivity contribution in [2.45, 2.75) is 0 Å². The van der Waals surface area contributed by atoms with Crippen molar-refractivity contribution in [3.63, 3.8) is 0 Å². The number of para-hydroxylation sites is 1. The maximum Gasteiger partial charge on any atom is 0.124 e. The molecule has 0 saturated carbocycles. The largest absolute Gasteiger partial charge is 0.236 e. The smallest absolute Gasteiger partial charge is 0.124 e. The quantitative estimate of drug-likeness (QED) is 0.223. The van der Waals surface area contributed by atoms with Crippen LogP contribution >= 0.6 is 11.3 Å². The van der Waals surface area contributed by atoms with E-state index in [1.165, 1.54) is 0 Å². The standard InChI is InChI=1S/C35H17N5S/c36-18-22-9-23(19-37)12-28(11-22)31-15-30(16-32(17-31)29-13-24(20-38)10-25(14-29)21-39)26-5-7-27(8-6-26)35-40-33-3-1-2-4-34(33)41-35/h1-17H. The van der Waals surface area contributed by atoms with Gasteiger partial charge >= 0.3 is 0 Å². The molecule has 6 heteroatoms. The van der Waals surface area contributed by atoms with Gasteiger partial charge in [-0.15, -0.1) is 11.3 Å². The Hall–Kier alpha value is -6.05. The van der Waals surface area contributed by atoms with Gasteiger partial charge in [0, 0.05) is 5.56 Å². The number of hydrogen-bond donors (Lipinski definition) is 0. The van der Waals surface area contributed by atoms with Gasteiger partial charge in [0.05, 0.1) is 56.7 Å². The van der Waals surface area contributed by atoms with Crippen LogP contribution in [0.25, 0.3) is 54.2 Å². The van der Waals surface area contributed by atoms with Crippen molar-refractivity contribution in [3.05, 3.63) is 125 Å². The number of aromatic nitrogens is 1. The van der Waals surface area contributed by atoms with Crippen LogP contribution in [0.4, 0.5) is 0 Å². The molecule has 0 fully saturated rings. The normalized spacial score (nSPS) is 10.3. The fourth-order valence-electron chi connectivity index (χ4n) is 4.78. The first-order valence-electron chi connectivity index (χ1n) is 12.6. The second kappa shape index (κ2) is 10.6. The van der Waals surface area contributed by atoms with Crippen molar-refractivity contribution >= 4 is 21.6 Å². The molecule has 0 spiro atoms. The van der Waals surface area contributed by atoms with E-state index in [1.807, 2.05) is 60.7 Å². The molecule has 0 radical (unpaired) electrons. The van der Waals surface area contributed by atoms with E-state index >= 15 is 0 Å². The number of rotatable bonds is 4. The van der Waals surface area contributed by atoms with E-state index < -0.39 is 0 Å². The van der Waals surface area contributed by atoms with Crippen molar-refractivity contribution in [2.75, 3.05) is 0 Å². The van der Waals surface area contributed by atoms with Crippen molar-refractivity contribution in [3.8, 4) is 68.2 Å². The number of nitrogens with zero attached hydrogens (tertiary/aromatic N) is 5. The van der Waals surface area contributed by atoms with Crippen LogP contribution < -0.4 is 0 Å². The van der Waals surface area contributed by atoms with E-state index in [0.717, 1.165) is 54.2 Å². The van der Waals surface area contributed by atoms with E-state index in [4.69, 9.17) is 4.98 Å². The van der Waals surface area contributed by atoms with Crippen LogP contribution in [0.3, 0.4) is 0 Å². The third-order valence-corrected chi connectivity index (χ3v) is 7.83. The minimum Gasteiger partial charge on any atom is -0.236 e. The first-order valence-corrected chi connectivity index (χ1v) is 13.4. The molecule has 0 unspecified atom stereocenters. The molecule has 1 heterocycles. The molecule has 0 amide bonds. The molecule has 0 atom stereocenters. The lowest BCUT2D eigenvalue weighted by atomic mass is 9.91. The van der Waals surface area contributed by atoms with Crippen molar-refractivity contribution in [2.24, 2.45) is 0 Å². The highest BCUT2D eigenvalue weighted by Gasteiger charge is 2.12. The third kappa shape index (κ3) is 5.04. The number of thiazole rings is 1. The summed E-state index contributed by atoms with van der Waals surface area (Å²) >= 11 is 1.65. The highest BCUT2D eigenvalue weighted by Crippen LogP contribution is 2.36. The molecule has 6 rings (SSSR count). The molecule has 188 valence electrons. The van der Waals surface area contributed by atoms with Gasteiger partial charge in [0.1, 0.15) is 5.01 Å². The van der Waals surface area contributed by atoms with Gasteiger partial charge < -0.3 is 0 Å². The van der Waals surface area contributed by atoms with Crippen LogP contribution in [0, 0.1) is 45.3 Å². The zero-order chi connectivity index (χ0) is 28.3. The number of nitriles is 4. The van der Waals surface area contributed by atoms with E-state index in [0.29, 0.717) is 22.3 Å². The molecule has 6 aromatic rings. The van der Waals surface area contributed by atoms with Crippen molar-refractivity contribution in [1.29, 1.82) is 21.0 Å². The van der Waals surface area contributed by atoms with Gasteiger partial charge in [-0.3, -0.25) is 0 Å². The van der Waals surface area contributed by atoms with Gasteiger partial charge in [0.25, 0.3) is 0 Å². The van der Waals surface area contributed by atoms with E-state index in [1.54, 1.807) is 47.7 Å². The molecular formula is C35H17N5S. The Morgan fingerprint density at radius 1 is 0.439 bits per heavy atom. The molecule has 0 bridgehead atoms. The lowest BCUT2D eigenvalue weighted by molar-refractivity contribution is 1.44. The summed E-state index contributed by atoms with van der Waals surface area (Å²) in [5.74, 6) is 0. The summed E-state index contributed by atoms with van der Waals surface area (Å²) in [7, 11) is 0. The Bertz CT molecular complexity index is 1950.